The molecule has 2 aromatic carbocycles. The minimum Gasteiger partial charge on any atom is -0.378 e. The summed E-state index contributed by atoms with van der Waals surface area (Å²) in [5.41, 5.74) is 3.79. The zero-order chi connectivity index (χ0) is 18.5. The third-order valence-electron chi connectivity index (χ3n) is 4.02. The van der Waals surface area contributed by atoms with Crippen LogP contribution < -0.4 is 15.5 Å². The van der Waals surface area contributed by atoms with E-state index in [1.54, 1.807) is 36.7 Å². The predicted octanol–water partition coefficient (Wildman–Crippen LogP) is 1.79. The van der Waals surface area contributed by atoms with Crippen LogP contribution in [0.25, 0.3) is 11.0 Å². The summed E-state index contributed by atoms with van der Waals surface area (Å²) in [5.74, 6) is -0.352. The van der Waals surface area contributed by atoms with Gasteiger partial charge in [-0.25, -0.2) is 4.98 Å². The number of hydrogen-bond donors (Lipinski definition) is 3. The van der Waals surface area contributed by atoms with Gasteiger partial charge in [0.2, 0.25) is 0 Å². The van der Waals surface area contributed by atoms with Gasteiger partial charge < -0.3 is 20.5 Å². The van der Waals surface area contributed by atoms with Gasteiger partial charge >= 0.3 is 0 Å². The number of rotatable bonds is 6. The summed E-state index contributed by atoms with van der Waals surface area (Å²) >= 11 is 0. The van der Waals surface area contributed by atoms with Crippen LogP contribution in [0, 0.1) is 0 Å². The molecule has 0 saturated heterocycles. The smallest absolute Gasteiger partial charge is 0.251 e. The zero-order valence-electron chi connectivity index (χ0n) is 14.7. The topological polar surface area (TPSA) is 90.1 Å². The molecule has 3 aromatic rings. The Bertz CT molecular complexity index is 915. The first kappa shape index (κ1) is 17.5. The molecule has 3 N–H and O–H groups in total. The van der Waals surface area contributed by atoms with E-state index < -0.39 is 0 Å². The largest absolute Gasteiger partial charge is 0.378 e. The fraction of sp³-hybridized carbons (Fsp3) is 0.211. The summed E-state index contributed by atoms with van der Waals surface area (Å²) in [6.45, 7) is 0.702. The van der Waals surface area contributed by atoms with Crippen molar-refractivity contribution in [2.75, 3.05) is 32.1 Å². The van der Waals surface area contributed by atoms with Gasteiger partial charge in [-0.05, 0) is 42.5 Å². The predicted molar refractivity (Wildman–Crippen MR) is 102 cm³/mol. The third-order valence-corrected chi connectivity index (χ3v) is 4.02. The number of aromatic nitrogens is 2. The van der Waals surface area contributed by atoms with Crippen molar-refractivity contribution in [3.05, 3.63) is 59.9 Å². The van der Waals surface area contributed by atoms with Crippen molar-refractivity contribution in [2.24, 2.45) is 0 Å². The molecule has 0 radical (unpaired) electrons. The monoisotopic (exact) mass is 351 g/mol. The summed E-state index contributed by atoms with van der Waals surface area (Å²) in [6.07, 6.45) is 1.59. The molecule has 0 saturated carbocycles. The average molecular weight is 351 g/mol. The summed E-state index contributed by atoms with van der Waals surface area (Å²) in [4.78, 5) is 33.3. The number of carbonyl (C=O) groups is 2. The van der Waals surface area contributed by atoms with Crippen molar-refractivity contribution < 1.29 is 9.59 Å². The van der Waals surface area contributed by atoms with Crippen molar-refractivity contribution >= 4 is 28.5 Å². The highest BCUT2D eigenvalue weighted by Gasteiger charge is 2.08. The lowest BCUT2D eigenvalue weighted by Gasteiger charge is -2.12. The quantitative estimate of drug-likeness (QED) is 0.591. The van der Waals surface area contributed by atoms with Crippen LogP contribution in [0.1, 0.15) is 20.7 Å². The number of nitrogens with one attached hydrogen (secondary N) is 3. The summed E-state index contributed by atoms with van der Waals surface area (Å²) in [6, 6.07) is 12.6. The van der Waals surface area contributed by atoms with E-state index in [4.69, 9.17) is 0 Å². The number of anilines is 1. The molecule has 0 aliphatic rings. The maximum Gasteiger partial charge on any atom is 0.251 e. The first-order chi connectivity index (χ1) is 12.5. The van der Waals surface area contributed by atoms with Crippen molar-refractivity contribution in [2.45, 2.75) is 0 Å². The van der Waals surface area contributed by atoms with Crippen LogP contribution in [0.5, 0.6) is 0 Å². The van der Waals surface area contributed by atoms with Gasteiger partial charge in [0.15, 0.2) is 0 Å². The van der Waals surface area contributed by atoms with Crippen molar-refractivity contribution in [3.63, 3.8) is 0 Å². The maximum atomic E-state index is 12.2. The number of H-pyrrole nitrogens is 1. The molecule has 0 spiro atoms. The van der Waals surface area contributed by atoms with Crippen molar-refractivity contribution in [1.29, 1.82) is 0 Å². The molecule has 7 nitrogen and oxygen atoms in total. The van der Waals surface area contributed by atoms with Crippen molar-refractivity contribution in [1.82, 2.24) is 20.6 Å². The van der Waals surface area contributed by atoms with E-state index in [2.05, 4.69) is 20.6 Å². The normalized spacial score (nSPS) is 10.5. The standard InChI is InChI=1S/C19H21N5O2/c1-24(2)15-6-3-13(4-7-15)18(25)20-9-10-21-19(26)14-5-8-16-17(11-14)23-12-22-16/h3-8,11-12H,9-10H2,1-2H3,(H,20,25)(H,21,26)(H,22,23). The van der Waals surface area contributed by atoms with Crippen LogP contribution in [0.2, 0.25) is 0 Å². The van der Waals surface area contributed by atoms with E-state index in [1.807, 2.05) is 31.1 Å². The molecule has 0 unspecified atom stereocenters. The number of fused-ring (bicyclic) bond motifs is 1. The minimum atomic E-state index is -0.189. The number of carbonyl (C=O) groups excluding carboxylic acids is 2. The van der Waals surface area contributed by atoms with Crippen LogP contribution in [0.3, 0.4) is 0 Å². The van der Waals surface area contributed by atoms with Gasteiger partial charge in [0.05, 0.1) is 17.4 Å². The van der Waals surface area contributed by atoms with E-state index in [1.165, 1.54) is 0 Å². The third kappa shape index (κ3) is 4.00. The molecular weight excluding hydrogens is 330 g/mol. The molecule has 3 rings (SSSR count). The molecule has 0 aliphatic carbocycles. The number of hydrogen-bond acceptors (Lipinski definition) is 4. The molecule has 1 heterocycles. The first-order valence-electron chi connectivity index (χ1n) is 8.31. The van der Waals surface area contributed by atoms with Gasteiger partial charge in [-0.3, -0.25) is 9.59 Å². The van der Waals surface area contributed by atoms with Gasteiger partial charge in [-0.1, -0.05) is 0 Å². The highest BCUT2D eigenvalue weighted by atomic mass is 16.2. The van der Waals surface area contributed by atoms with Crippen LogP contribution in [0.15, 0.2) is 48.8 Å². The Morgan fingerprint density at radius 2 is 1.58 bits per heavy atom. The molecule has 0 fully saturated rings. The zero-order valence-corrected chi connectivity index (χ0v) is 14.7. The molecule has 2 amide bonds. The number of aromatic amines is 1. The van der Waals surface area contributed by atoms with E-state index in [9.17, 15) is 9.59 Å². The van der Waals surface area contributed by atoms with Gasteiger partial charge in [0, 0.05) is 44.0 Å². The summed E-state index contributed by atoms with van der Waals surface area (Å²) in [7, 11) is 3.89. The van der Waals surface area contributed by atoms with E-state index in [0.29, 0.717) is 24.2 Å². The Balaban J connectivity index is 1.47. The molecular formula is C19H21N5O2. The van der Waals surface area contributed by atoms with Crippen LogP contribution in [-0.4, -0.2) is 49.0 Å². The fourth-order valence-corrected chi connectivity index (χ4v) is 2.54. The Morgan fingerprint density at radius 3 is 2.23 bits per heavy atom. The van der Waals surface area contributed by atoms with Crippen LogP contribution in [0.4, 0.5) is 5.69 Å². The maximum absolute atomic E-state index is 12.2. The minimum absolute atomic E-state index is 0.163. The van der Waals surface area contributed by atoms with Gasteiger partial charge in [0.1, 0.15) is 0 Å². The SMILES string of the molecule is CN(C)c1ccc(C(=O)NCCNC(=O)c2ccc3nc[nH]c3c2)cc1. The number of benzene rings is 2. The van der Waals surface area contributed by atoms with Crippen LogP contribution in [-0.2, 0) is 0 Å². The molecule has 26 heavy (non-hydrogen) atoms. The van der Waals surface area contributed by atoms with Gasteiger partial charge in [0.25, 0.3) is 11.8 Å². The van der Waals surface area contributed by atoms with Gasteiger partial charge in [-0.15, -0.1) is 0 Å². The fourth-order valence-electron chi connectivity index (χ4n) is 2.54. The van der Waals surface area contributed by atoms with E-state index >= 15 is 0 Å². The second-order valence-corrected chi connectivity index (χ2v) is 6.09. The summed E-state index contributed by atoms with van der Waals surface area (Å²) < 4.78 is 0. The summed E-state index contributed by atoms with van der Waals surface area (Å²) in [5, 5.41) is 5.59. The van der Waals surface area contributed by atoms with Crippen molar-refractivity contribution in [3.8, 4) is 0 Å². The highest BCUT2D eigenvalue weighted by Crippen LogP contribution is 2.12. The number of nitrogens with zero attached hydrogens (tertiary/aromatic N) is 2. The molecule has 1 aromatic heterocycles. The second kappa shape index (κ2) is 7.69. The Morgan fingerprint density at radius 1 is 0.962 bits per heavy atom. The molecule has 0 atom stereocenters. The Hall–Kier alpha value is -3.35. The van der Waals surface area contributed by atoms with Crippen LogP contribution >= 0.6 is 0 Å². The number of imidazole rings is 1. The van der Waals surface area contributed by atoms with Gasteiger partial charge in [-0.2, -0.15) is 0 Å². The molecule has 134 valence electrons. The molecule has 0 bridgehead atoms. The highest BCUT2D eigenvalue weighted by molar-refractivity contribution is 5.97. The Kier molecular flexibility index (Phi) is 5.17. The molecule has 0 aliphatic heterocycles. The lowest BCUT2D eigenvalue weighted by molar-refractivity contribution is 0.0928. The van der Waals surface area contributed by atoms with E-state index in [0.717, 1.165) is 16.7 Å². The van der Waals surface area contributed by atoms with E-state index in [-0.39, 0.29) is 11.8 Å². The Labute approximate surface area is 151 Å². The second-order valence-electron chi connectivity index (χ2n) is 6.09. The number of amides is 2. The average Bonchev–Trinajstić information content (AvgIpc) is 3.12. The first-order valence-corrected chi connectivity index (χ1v) is 8.31. The lowest BCUT2D eigenvalue weighted by Crippen LogP contribution is -2.34. The molecule has 7 heteroatoms. The lowest BCUT2D eigenvalue weighted by atomic mass is 10.2.